The third-order valence-corrected chi connectivity index (χ3v) is 4.78. The molecule has 0 aromatic heterocycles. The van der Waals surface area contributed by atoms with Crippen molar-refractivity contribution in [3.8, 4) is 0 Å². The summed E-state index contributed by atoms with van der Waals surface area (Å²) in [4.78, 5) is 0. The Hall–Kier alpha value is -0.370. The summed E-state index contributed by atoms with van der Waals surface area (Å²) in [5.41, 5.74) is 0. The van der Waals surface area contributed by atoms with Crippen LogP contribution in [0.4, 0.5) is 17.6 Å². The molecule has 3 unspecified atom stereocenters. The maximum atomic E-state index is 13.8. The molecule has 2 fully saturated rings. The van der Waals surface area contributed by atoms with E-state index in [4.69, 9.17) is 4.55 Å². The molecule has 0 aliphatic heterocycles. The van der Waals surface area contributed by atoms with Gasteiger partial charge in [0, 0.05) is 5.92 Å². The van der Waals surface area contributed by atoms with Gasteiger partial charge >= 0.3 is 11.8 Å². The van der Waals surface area contributed by atoms with E-state index in [2.05, 4.69) is 0 Å². The van der Waals surface area contributed by atoms with Crippen molar-refractivity contribution in [2.24, 2.45) is 17.8 Å². The van der Waals surface area contributed by atoms with E-state index in [1.165, 1.54) is 0 Å². The Kier molecular flexibility index (Phi) is 3.17. The van der Waals surface area contributed by atoms with Crippen LogP contribution in [0.15, 0.2) is 0 Å². The van der Waals surface area contributed by atoms with Crippen LogP contribution in [-0.2, 0) is 10.1 Å². The van der Waals surface area contributed by atoms with Gasteiger partial charge in [-0.05, 0) is 31.1 Å². The first-order valence-electron chi connectivity index (χ1n) is 5.74. The number of halogens is 4. The van der Waals surface area contributed by atoms with Crippen molar-refractivity contribution in [3.05, 3.63) is 0 Å². The summed E-state index contributed by atoms with van der Waals surface area (Å²) in [5.74, 6) is -13.2. The fourth-order valence-electron chi connectivity index (χ4n) is 3.29. The molecule has 0 spiro atoms. The van der Waals surface area contributed by atoms with Gasteiger partial charge in [-0.2, -0.15) is 26.0 Å². The minimum absolute atomic E-state index is 0.0126. The molecule has 3 nitrogen and oxygen atoms in total. The minimum Gasteiger partial charge on any atom is -0.285 e. The van der Waals surface area contributed by atoms with Crippen LogP contribution in [0.25, 0.3) is 0 Å². The van der Waals surface area contributed by atoms with Crippen LogP contribution in [0.2, 0.25) is 0 Å². The van der Waals surface area contributed by atoms with Crippen LogP contribution in [0, 0.1) is 17.8 Å². The maximum absolute atomic E-state index is 13.8. The van der Waals surface area contributed by atoms with Gasteiger partial charge in [0.15, 0.2) is 0 Å². The average Bonchev–Trinajstić information content (AvgIpc) is 2.73. The fourth-order valence-corrected chi connectivity index (χ4v) is 3.94. The fraction of sp³-hybridized carbons (Fsp3) is 1.00. The molecule has 1 N–H and O–H groups in total. The van der Waals surface area contributed by atoms with Crippen molar-refractivity contribution in [2.45, 2.75) is 37.5 Å². The lowest BCUT2D eigenvalue weighted by Crippen LogP contribution is -2.51. The summed E-state index contributed by atoms with van der Waals surface area (Å²) in [6.07, 6.45) is 1.80. The SMILES string of the molecule is O=S(=O)(O)CC(F)(F)C(F)(F)C1CC2CCC1C2. The van der Waals surface area contributed by atoms with Crippen LogP contribution in [0.3, 0.4) is 0 Å². The van der Waals surface area contributed by atoms with E-state index in [1.807, 2.05) is 0 Å². The monoisotopic (exact) mass is 290 g/mol. The molecule has 2 aliphatic rings. The van der Waals surface area contributed by atoms with Crippen LogP contribution >= 0.6 is 0 Å². The second kappa shape index (κ2) is 4.06. The average molecular weight is 290 g/mol. The molecule has 2 aliphatic carbocycles. The van der Waals surface area contributed by atoms with E-state index in [-0.39, 0.29) is 12.3 Å². The predicted molar refractivity (Wildman–Crippen MR) is 55.2 cm³/mol. The first kappa shape index (κ1) is 14.0. The highest BCUT2D eigenvalue weighted by Gasteiger charge is 2.66. The van der Waals surface area contributed by atoms with E-state index >= 15 is 0 Å². The van der Waals surface area contributed by atoms with E-state index in [0.29, 0.717) is 12.8 Å². The van der Waals surface area contributed by atoms with E-state index < -0.39 is 39.6 Å². The number of fused-ring (bicyclic) bond motifs is 2. The highest BCUT2D eigenvalue weighted by atomic mass is 32.2. The van der Waals surface area contributed by atoms with Gasteiger partial charge in [-0.3, -0.25) is 4.55 Å². The molecular formula is C10H14F4O3S. The number of alkyl halides is 4. The minimum atomic E-state index is -5.14. The van der Waals surface area contributed by atoms with Crippen LogP contribution < -0.4 is 0 Å². The summed E-state index contributed by atoms with van der Waals surface area (Å²) < 4.78 is 83.5. The summed E-state index contributed by atoms with van der Waals surface area (Å²) in [6, 6.07) is 0. The molecule has 106 valence electrons. The second-order valence-corrected chi connectivity index (χ2v) is 6.79. The molecule has 2 rings (SSSR count). The molecule has 0 amide bonds. The van der Waals surface area contributed by atoms with Gasteiger partial charge in [-0.15, -0.1) is 0 Å². The standard InChI is InChI=1S/C10H14F4O3S/c11-9(12,5-18(15,16)17)10(13,14)8-4-6-1-2-7(8)3-6/h6-8H,1-5H2,(H,15,16,17). The Labute approximate surface area is 102 Å². The smallest absolute Gasteiger partial charge is 0.285 e. The number of hydrogen-bond donors (Lipinski definition) is 1. The van der Waals surface area contributed by atoms with Crippen molar-refractivity contribution < 1.29 is 30.5 Å². The Morgan fingerprint density at radius 2 is 1.72 bits per heavy atom. The van der Waals surface area contributed by atoms with Gasteiger partial charge in [-0.25, -0.2) is 0 Å². The molecule has 0 heterocycles. The van der Waals surface area contributed by atoms with Crippen molar-refractivity contribution in [1.29, 1.82) is 0 Å². The van der Waals surface area contributed by atoms with Gasteiger partial charge in [0.25, 0.3) is 10.1 Å². The molecule has 8 heteroatoms. The van der Waals surface area contributed by atoms with Crippen LogP contribution in [0.5, 0.6) is 0 Å². The molecule has 0 aromatic rings. The third-order valence-electron chi connectivity index (χ3n) is 4.06. The summed E-state index contributed by atoms with van der Waals surface area (Å²) in [6.45, 7) is 0. The largest absolute Gasteiger partial charge is 0.326 e. The first-order valence-corrected chi connectivity index (χ1v) is 7.34. The summed E-state index contributed by atoms with van der Waals surface area (Å²) >= 11 is 0. The summed E-state index contributed by atoms with van der Waals surface area (Å²) in [5, 5.41) is 0. The Balaban J connectivity index is 2.19. The van der Waals surface area contributed by atoms with Gasteiger partial charge in [0.2, 0.25) is 0 Å². The van der Waals surface area contributed by atoms with Crippen LogP contribution in [-0.4, -0.2) is 30.6 Å². The predicted octanol–water partition coefficient (Wildman–Crippen LogP) is 2.58. The molecule has 2 saturated carbocycles. The highest BCUT2D eigenvalue weighted by Crippen LogP contribution is 2.57. The Bertz CT molecular complexity index is 434. The van der Waals surface area contributed by atoms with Gasteiger partial charge in [0.05, 0.1) is 0 Å². The third kappa shape index (κ3) is 2.36. The zero-order chi connectivity index (χ0) is 13.8. The molecular weight excluding hydrogens is 276 g/mol. The molecule has 0 saturated heterocycles. The van der Waals surface area contributed by atoms with Crippen LogP contribution in [0.1, 0.15) is 25.7 Å². The maximum Gasteiger partial charge on any atom is 0.326 e. The first-order chi connectivity index (χ1) is 8.03. The molecule has 0 radical (unpaired) electrons. The lowest BCUT2D eigenvalue weighted by atomic mass is 9.82. The van der Waals surface area contributed by atoms with Gasteiger partial charge in [0.1, 0.15) is 5.75 Å². The quantitative estimate of drug-likeness (QED) is 0.639. The Morgan fingerprint density at radius 3 is 2.11 bits per heavy atom. The van der Waals surface area contributed by atoms with Crippen molar-refractivity contribution in [1.82, 2.24) is 0 Å². The highest BCUT2D eigenvalue weighted by molar-refractivity contribution is 7.85. The van der Waals surface area contributed by atoms with E-state index in [0.717, 1.165) is 6.42 Å². The number of rotatable bonds is 4. The topological polar surface area (TPSA) is 54.4 Å². The Morgan fingerprint density at radius 1 is 1.11 bits per heavy atom. The molecule has 3 atom stereocenters. The van der Waals surface area contributed by atoms with Crippen molar-refractivity contribution in [2.75, 3.05) is 5.75 Å². The van der Waals surface area contributed by atoms with Crippen molar-refractivity contribution >= 4 is 10.1 Å². The van der Waals surface area contributed by atoms with E-state index in [1.54, 1.807) is 0 Å². The lowest BCUT2D eigenvalue weighted by Gasteiger charge is -2.34. The second-order valence-electron chi connectivity index (χ2n) is 5.34. The van der Waals surface area contributed by atoms with Crippen molar-refractivity contribution in [3.63, 3.8) is 0 Å². The number of hydrogen-bond acceptors (Lipinski definition) is 2. The molecule has 2 bridgehead atoms. The summed E-state index contributed by atoms with van der Waals surface area (Å²) in [7, 11) is -5.14. The van der Waals surface area contributed by atoms with E-state index in [9.17, 15) is 26.0 Å². The van der Waals surface area contributed by atoms with Gasteiger partial charge < -0.3 is 0 Å². The molecule has 18 heavy (non-hydrogen) atoms. The zero-order valence-corrected chi connectivity index (χ0v) is 10.3. The normalized spacial score (nSPS) is 33.1. The van der Waals surface area contributed by atoms with Gasteiger partial charge in [-0.1, -0.05) is 6.42 Å². The zero-order valence-electron chi connectivity index (χ0n) is 9.45. The molecule has 0 aromatic carbocycles. The lowest BCUT2D eigenvalue weighted by molar-refractivity contribution is -0.232.